The Morgan fingerprint density at radius 3 is 2.64 bits per heavy atom. The Labute approximate surface area is 144 Å². The van der Waals surface area contributed by atoms with Gasteiger partial charge in [0.15, 0.2) is 0 Å². The van der Waals surface area contributed by atoms with Gasteiger partial charge in [0.05, 0.1) is 15.8 Å². The van der Waals surface area contributed by atoms with E-state index >= 15 is 0 Å². The van der Waals surface area contributed by atoms with Gasteiger partial charge in [0.25, 0.3) is 0 Å². The molecule has 0 aliphatic rings. The van der Waals surface area contributed by atoms with Crippen molar-refractivity contribution in [1.82, 2.24) is 0 Å². The lowest BCUT2D eigenvalue weighted by molar-refractivity contribution is 0.479. The van der Waals surface area contributed by atoms with Crippen LogP contribution in [0.4, 0.5) is 5.69 Å². The van der Waals surface area contributed by atoms with Gasteiger partial charge in [0, 0.05) is 19.3 Å². The number of nitrogens with zero attached hydrogens (tertiary/aromatic N) is 2. The van der Waals surface area contributed by atoms with Crippen molar-refractivity contribution in [3.63, 3.8) is 0 Å². The van der Waals surface area contributed by atoms with Crippen molar-refractivity contribution in [1.29, 1.82) is 0 Å². The van der Waals surface area contributed by atoms with Crippen molar-refractivity contribution in [2.45, 2.75) is 13.8 Å². The molecule has 0 fully saturated rings. The molecule has 2 aromatic carbocycles. The van der Waals surface area contributed by atoms with Gasteiger partial charge in [-0.1, -0.05) is 23.7 Å². The number of halogens is 2. The molecule has 0 aliphatic heterocycles. The molecule has 0 radical (unpaired) electrons. The van der Waals surface area contributed by atoms with Crippen molar-refractivity contribution in [3.8, 4) is 11.5 Å². The average molecular weight is 382 g/mol. The zero-order valence-corrected chi connectivity index (χ0v) is 15.1. The first-order valence-corrected chi connectivity index (χ1v) is 8.15. The quantitative estimate of drug-likeness (QED) is 0.491. The molecule has 0 aromatic heterocycles. The van der Waals surface area contributed by atoms with E-state index < -0.39 is 0 Å². The fourth-order valence-electron chi connectivity index (χ4n) is 2.13. The van der Waals surface area contributed by atoms with Gasteiger partial charge >= 0.3 is 0 Å². The Balaban J connectivity index is 2.36. The largest absolute Gasteiger partial charge is 0.455 e. The number of hydrogen-bond acceptors (Lipinski definition) is 2. The molecule has 0 saturated carbocycles. The molecule has 116 valence electrons. The summed E-state index contributed by atoms with van der Waals surface area (Å²) in [6.45, 7) is 4.92. The standard InChI is InChI=1S/C17H18BrClN2O/c1-4-21(11-20-3)15-10-14(19)17(9-12(15)2)22-16-8-6-5-7-13(16)18/h5-11H,4H2,1-3H3. The average Bonchev–Trinajstić information content (AvgIpc) is 2.50. The summed E-state index contributed by atoms with van der Waals surface area (Å²) in [5, 5.41) is 0.569. The number of aliphatic imine (C=N–C) groups is 1. The van der Waals surface area contributed by atoms with Crippen LogP contribution in [-0.4, -0.2) is 19.9 Å². The minimum absolute atomic E-state index is 0.569. The highest BCUT2D eigenvalue weighted by Crippen LogP contribution is 2.37. The number of anilines is 1. The van der Waals surface area contributed by atoms with Crippen LogP contribution in [0.3, 0.4) is 0 Å². The van der Waals surface area contributed by atoms with E-state index in [1.165, 1.54) is 0 Å². The molecule has 2 aromatic rings. The van der Waals surface area contributed by atoms with Crippen LogP contribution in [0.5, 0.6) is 11.5 Å². The highest BCUT2D eigenvalue weighted by Gasteiger charge is 2.12. The van der Waals surface area contributed by atoms with E-state index in [0.29, 0.717) is 10.8 Å². The summed E-state index contributed by atoms with van der Waals surface area (Å²) in [6.07, 6.45) is 1.80. The molecule has 22 heavy (non-hydrogen) atoms. The third kappa shape index (κ3) is 3.81. The fourth-order valence-corrected chi connectivity index (χ4v) is 2.69. The Hall–Kier alpha value is -1.52. The van der Waals surface area contributed by atoms with Crippen molar-refractivity contribution in [2.24, 2.45) is 4.99 Å². The third-order valence-corrected chi connectivity index (χ3v) is 4.16. The lowest BCUT2D eigenvalue weighted by atomic mass is 10.1. The van der Waals surface area contributed by atoms with Crippen LogP contribution in [0.2, 0.25) is 5.02 Å². The van der Waals surface area contributed by atoms with E-state index in [1.54, 1.807) is 13.4 Å². The molecule has 0 saturated heterocycles. The second kappa shape index (κ2) is 7.65. The number of rotatable bonds is 5. The zero-order chi connectivity index (χ0) is 16.1. The number of benzene rings is 2. The number of ether oxygens (including phenoxy) is 1. The maximum absolute atomic E-state index is 6.39. The topological polar surface area (TPSA) is 24.8 Å². The Bertz CT molecular complexity index is 688. The summed E-state index contributed by atoms with van der Waals surface area (Å²) in [5.74, 6) is 1.37. The number of hydrogen-bond donors (Lipinski definition) is 0. The van der Waals surface area contributed by atoms with E-state index in [4.69, 9.17) is 16.3 Å². The summed E-state index contributed by atoms with van der Waals surface area (Å²) in [4.78, 5) is 6.12. The molecular weight excluding hydrogens is 364 g/mol. The molecule has 0 N–H and O–H groups in total. The van der Waals surface area contributed by atoms with Crippen molar-refractivity contribution in [3.05, 3.63) is 51.5 Å². The number of aryl methyl sites for hydroxylation is 1. The van der Waals surface area contributed by atoms with E-state index in [2.05, 4.69) is 27.8 Å². The first-order chi connectivity index (χ1) is 10.6. The smallest absolute Gasteiger partial charge is 0.146 e. The van der Waals surface area contributed by atoms with Gasteiger partial charge in [0.1, 0.15) is 11.5 Å². The first kappa shape index (κ1) is 16.8. The Morgan fingerprint density at radius 2 is 2.00 bits per heavy atom. The van der Waals surface area contributed by atoms with Crippen molar-refractivity contribution in [2.75, 3.05) is 18.5 Å². The second-order valence-corrected chi connectivity index (χ2v) is 6.02. The van der Waals surface area contributed by atoms with E-state index in [-0.39, 0.29) is 0 Å². The summed E-state index contributed by atoms with van der Waals surface area (Å²) >= 11 is 9.87. The minimum atomic E-state index is 0.569. The van der Waals surface area contributed by atoms with Crippen LogP contribution in [0, 0.1) is 6.92 Å². The number of para-hydroxylation sites is 1. The minimum Gasteiger partial charge on any atom is -0.455 e. The van der Waals surface area contributed by atoms with Gasteiger partial charge in [-0.05, 0) is 59.6 Å². The summed E-state index contributed by atoms with van der Waals surface area (Å²) < 4.78 is 6.81. The summed E-state index contributed by atoms with van der Waals surface area (Å²) in [5.41, 5.74) is 2.10. The molecular formula is C17H18BrClN2O. The molecule has 0 amide bonds. The SMILES string of the molecule is CCN(C=NC)c1cc(Cl)c(Oc2ccccc2Br)cc1C. The van der Waals surface area contributed by atoms with Gasteiger partial charge in [-0.3, -0.25) is 4.99 Å². The van der Waals surface area contributed by atoms with Gasteiger partial charge in [-0.25, -0.2) is 0 Å². The van der Waals surface area contributed by atoms with Gasteiger partial charge in [-0.2, -0.15) is 0 Å². The molecule has 2 rings (SSSR count). The fraction of sp³-hybridized carbons (Fsp3) is 0.235. The van der Waals surface area contributed by atoms with Crippen molar-refractivity contribution >= 4 is 39.6 Å². The van der Waals surface area contributed by atoms with Gasteiger partial charge in [0.2, 0.25) is 0 Å². The van der Waals surface area contributed by atoms with E-state index in [1.807, 2.05) is 48.2 Å². The molecule has 0 aliphatic carbocycles. The van der Waals surface area contributed by atoms with E-state index in [9.17, 15) is 0 Å². The van der Waals surface area contributed by atoms with Crippen LogP contribution >= 0.6 is 27.5 Å². The normalized spacial score (nSPS) is 11.0. The molecule has 0 bridgehead atoms. The molecule has 3 nitrogen and oxygen atoms in total. The highest BCUT2D eigenvalue weighted by atomic mass is 79.9. The predicted molar refractivity (Wildman–Crippen MR) is 97.8 cm³/mol. The van der Waals surface area contributed by atoms with Gasteiger partial charge in [-0.15, -0.1) is 0 Å². The monoisotopic (exact) mass is 380 g/mol. The maximum Gasteiger partial charge on any atom is 0.146 e. The van der Waals surface area contributed by atoms with Crippen LogP contribution in [-0.2, 0) is 0 Å². The van der Waals surface area contributed by atoms with Crippen LogP contribution in [0.25, 0.3) is 0 Å². The maximum atomic E-state index is 6.39. The Kier molecular flexibility index (Phi) is 5.86. The predicted octanol–water partition coefficient (Wildman–Crippen LogP) is 5.69. The molecule has 0 unspecified atom stereocenters. The molecule has 0 heterocycles. The van der Waals surface area contributed by atoms with Gasteiger partial charge < -0.3 is 9.64 Å². The first-order valence-electron chi connectivity index (χ1n) is 6.98. The molecule has 0 atom stereocenters. The molecule has 5 heteroatoms. The molecule has 0 spiro atoms. The van der Waals surface area contributed by atoms with Crippen LogP contribution < -0.4 is 9.64 Å². The lowest BCUT2D eigenvalue weighted by Crippen LogP contribution is -2.21. The van der Waals surface area contributed by atoms with Crippen LogP contribution in [0.1, 0.15) is 12.5 Å². The van der Waals surface area contributed by atoms with Crippen LogP contribution in [0.15, 0.2) is 45.9 Å². The highest BCUT2D eigenvalue weighted by molar-refractivity contribution is 9.10. The zero-order valence-electron chi connectivity index (χ0n) is 12.8. The lowest BCUT2D eigenvalue weighted by Gasteiger charge is -2.21. The summed E-state index contributed by atoms with van der Waals surface area (Å²) in [7, 11) is 1.75. The van der Waals surface area contributed by atoms with Crippen molar-refractivity contribution < 1.29 is 4.74 Å². The van der Waals surface area contributed by atoms with E-state index in [0.717, 1.165) is 28.0 Å². The Morgan fingerprint density at radius 1 is 1.27 bits per heavy atom. The summed E-state index contributed by atoms with van der Waals surface area (Å²) in [6, 6.07) is 11.5. The second-order valence-electron chi connectivity index (χ2n) is 4.76. The third-order valence-electron chi connectivity index (χ3n) is 3.21.